The highest BCUT2D eigenvalue weighted by Crippen LogP contribution is 2.25. The van der Waals surface area contributed by atoms with Crippen LogP contribution in [-0.2, 0) is 30.3 Å². The number of hydrogen-bond donors (Lipinski definition) is 4. The van der Waals surface area contributed by atoms with E-state index in [1.54, 1.807) is 37.3 Å². The molecule has 0 aromatic heterocycles. The molecule has 10 nitrogen and oxygen atoms in total. The molecule has 46 heavy (non-hydrogen) atoms. The van der Waals surface area contributed by atoms with Crippen LogP contribution in [-0.4, -0.2) is 70.9 Å². The molecular formula is C36H53NO9. The van der Waals surface area contributed by atoms with E-state index in [-0.39, 0.29) is 13.0 Å². The topological polar surface area (TPSA) is 159 Å². The second-order valence-corrected chi connectivity index (χ2v) is 11.4. The number of nitrogens with one attached hydrogen (secondary N) is 1. The third-order valence-electron chi connectivity index (χ3n) is 7.78. The molecule has 0 aliphatic heterocycles. The maximum Gasteiger partial charge on any atom is 0.336 e. The molecule has 1 rings (SSSR count). The number of hydrogen-bond acceptors (Lipinski definition) is 8. The molecule has 1 aromatic rings. The number of amides is 1. The van der Waals surface area contributed by atoms with Gasteiger partial charge in [0.2, 0.25) is 5.91 Å². The van der Waals surface area contributed by atoms with Crippen LogP contribution in [0.3, 0.4) is 0 Å². The number of ether oxygens (including phenoxy) is 2. The highest BCUT2D eigenvalue weighted by atomic mass is 16.5. The van der Waals surface area contributed by atoms with Crippen LogP contribution in [0.15, 0.2) is 36.4 Å². The number of methoxy groups -OCH3 is 1. The number of aliphatic carboxylic acids is 1. The molecule has 0 radical (unpaired) electrons. The number of Topliss-reactive ketones (excluding diaryl/α,β-unsaturated/α-hetero) is 1. The summed E-state index contributed by atoms with van der Waals surface area (Å²) in [4.78, 5) is 50.2. The number of ketones is 1. The predicted molar refractivity (Wildman–Crippen MR) is 176 cm³/mol. The smallest absolute Gasteiger partial charge is 0.336 e. The summed E-state index contributed by atoms with van der Waals surface area (Å²) in [6.07, 6.45) is 13.0. The van der Waals surface area contributed by atoms with Crippen molar-refractivity contribution in [2.45, 2.75) is 115 Å². The first-order valence-electron chi connectivity index (χ1n) is 16.4. The third-order valence-corrected chi connectivity index (χ3v) is 7.78. The highest BCUT2D eigenvalue weighted by molar-refractivity contribution is 5.92. The van der Waals surface area contributed by atoms with E-state index >= 15 is 0 Å². The van der Waals surface area contributed by atoms with Gasteiger partial charge >= 0.3 is 11.9 Å². The van der Waals surface area contributed by atoms with Crippen molar-refractivity contribution < 1.29 is 44.0 Å². The van der Waals surface area contributed by atoms with Crippen LogP contribution in [0.4, 0.5) is 0 Å². The molecule has 0 bridgehead atoms. The fourth-order valence-corrected chi connectivity index (χ4v) is 5.00. The van der Waals surface area contributed by atoms with Gasteiger partial charge in [-0.25, -0.2) is 9.59 Å². The van der Waals surface area contributed by atoms with Gasteiger partial charge in [0.05, 0.1) is 13.0 Å². The van der Waals surface area contributed by atoms with Crippen molar-refractivity contribution in [2.24, 2.45) is 5.92 Å². The fraction of sp³-hybridized carbons (Fsp3) is 0.611. The summed E-state index contributed by atoms with van der Waals surface area (Å²) >= 11 is 0. The predicted octanol–water partition coefficient (Wildman–Crippen LogP) is 4.93. The summed E-state index contributed by atoms with van der Waals surface area (Å²) in [7, 11) is 1.18. The number of unbranched alkanes of at least 4 members (excludes halogenated alkanes) is 8. The number of carboxylic acids is 1. The third kappa shape index (κ3) is 15.5. The first-order valence-corrected chi connectivity index (χ1v) is 16.4. The summed E-state index contributed by atoms with van der Waals surface area (Å²) in [5.74, 6) is 1.52. The Morgan fingerprint density at radius 2 is 1.61 bits per heavy atom. The Morgan fingerprint density at radius 1 is 0.978 bits per heavy atom. The lowest BCUT2D eigenvalue weighted by Gasteiger charge is -2.30. The molecule has 0 spiro atoms. The Kier molecular flexibility index (Phi) is 20.7. The van der Waals surface area contributed by atoms with E-state index in [4.69, 9.17) is 9.47 Å². The number of aliphatic hydroxyl groups is 2. The van der Waals surface area contributed by atoms with Crippen LogP contribution in [0.25, 0.3) is 0 Å². The first kappa shape index (κ1) is 40.3. The summed E-state index contributed by atoms with van der Waals surface area (Å²) in [5, 5.41) is 32.9. The number of allylic oxidation sites excluding steroid dienone is 1. The van der Waals surface area contributed by atoms with Crippen LogP contribution < -0.4 is 10.1 Å². The molecule has 3 atom stereocenters. The van der Waals surface area contributed by atoms with Gasteiger partial charge in [-0.2, -0.15) is 0 Å². The molecule has 0 saturated carbocycles. The molecule has 0 unspecified atom stereocenters. The minimum absolute atomic E-state index is 0.0384. The SMILES string of the molecule is CC#CCOc1ccc(C[C@H](NC(=O)[C@@H](/C=C/CCCCCCC(=O)CCCCCCC)[C@](O)(CCO)C(=O)O)C(=O)OC)cc1. The monoisotopic (exact) mass is 643 g/mol. The van der Waals surface area contributed by atoms with Gasteiger partial charge in [-0.1, -0.05) is 75.7 Å². The van der Waals surface area contributed by atoms with E-state index in [2.05, 4.69) is 24.1 Å². The zero-order valence-electron chi connectivity index (χ0n) is 27.7. The van der Waals surface area contributed by atoms with E-state index in [1.165, 1.54) is 32.4 Å². The molecule has 0 aliphatic carbocycles. The van der Waals surface area contributed by atoms with Gasteiger partial charge in [0, 0.05) is 32.3 Å². The Hall–Kier alpha value is -3.68. The van der Waals surface area contributed by atoms with Gasteiger partial charge in [-0.05, 0) is 50.3 Å². The zero-order chi connectivity index (χ0) is 34.2. The van der Waals surface area contributed by atoms with Crippen LogP contribution in [0, 0.1) is 17.8 Å². The number of aliphatic hydroxyl groups excluding tert-OH is 1. The van der Waals surface area contributed by atoms with Crippen molar-refractivity contribution in [3.63, 3.8) is 0 Å². The summed E-state index contributed by atoms with van der Waals surface area (Å²) < 4.78 is 10.4. The molecule has 256 valence electrons. The molecule has 1 amide bonds. The minimum Gasteiger partial charge on any atom is -0.481 e. The lowest BCUT2D eigenvalue weighted by Crippen LogP contribution is -2.55. The number of carbonyl (C=O) groups is 4. The quantitative estimate of drug-likeness (QED) is 0.0502. The van der Waals surface area contributed by atoms with Gasteiger partial charge in [0.15, 0.2) is 5.60 Å². The Bertz CT molecular complexity index is 1150. The average Bonchev–Trinajstić information content (AvgIpc) is 3.04. The fourth-order valence-electron chi connectivity index (χ4n) is 5.00. The van der Waals surface area contributed by atoms with Gasteiger partial charge in [0.1, 0.15) is 24.2 Å². The molecule has 4 N–H and O–H groups in total. The summed E-state index contributed by atoms with van der Waals surface area (Å²) in [5.41, 5.74) is -1.93. The van der Waals surface area contributed by atoms with E-state index < -0.39 is 48.4 Å². The van der Waals surface area contributed by atoms with Crippen LogP contribution >= 0.6 is 0 Å². The molecule has 0 aliphatic rings. The van der Waals surface area contributed by atoms with Gasteiger partial charge in [0.25, 0.3) is 0 Å². The number of carbonyl (C=O) groups excluding carboxylic acids is 3. The number of esters is 1. The molecule has 0 saturated heterocycles. The molecule has 10 heteroatoms. The maximum absolute atomic E-state index is 13.4. The van der Waals surface area contributed by atoms with Crippen LogP contribution in [0.2, 0.25) is 0 Å². The van der Waals surface area contributed by atoms with E-state index in [1.807, 2.05) is 0 Å². The molecular weight excluding hydrogens is 590 g/mol. The van der Waals surface area contributed by atoms with E-state index in [9.17, 15) is 34.5 Å². The average molecular weight is 644 g/mol. The Morgan fingerprint density at radius 3 is 2.17 bits per heavy atom. The van der Waals surface area contributed by atoms with Crippen LogP contribution in [0.5, 0.6) is 5.75 Å². The van der Waals surface area contributed by atoms with Crippen molar-refractivity contribution in [2.75, 3.05) is 20.3 Å². The van der Waals surface area contributed by atoms with Gasteiger partial charge < -0.3 is 30.1 Å². The lowest BCUT2D eigenvalue weighted by atomic mass is 9.83. The number of benzene rings is 1. The van der Waals surface area contributed by atoms with E-state index in [0.717, 1.165) is 38.5 Å². The van der Waals surface area contributed by atoms with E-state index in [0.29, 0.717) is 36.4 Å². The Balaban J connectivity index is 2.82. The van der Waals surface area contributed by atoms with Crippen molar-refractivity contribution in [1.29, 1.82) is 0 Å². The Labute approximate surface area is 273 Å². The van der Waals surface area contributed by atoms with Gasteiger partial charge in [-0.15, -0.1) is 5.92 Å². The largest absolute Gasteiger partial charge is 0.481 e. The minimum atomic E-state index is -2.60. The summed E-state index contributed by atoms with van der Waals surface area (Å²) in [6, 6.07) is 5.67. The van der Waals surface area contributed by atoms with Gasteiger partial charge in [-0.3, -0.25) is 9.59 Å². The normalized spacial score (nSPS) is 13.6. The second kappa shape index (κ2) is 23.6. The zero-order valence-corrected chi connectivity index (χ0v) is 27.7. The van der Waals surface area contributed by atoms with Crippen molar-refractivity contribution >= 4 is 23.6 Å². The lowest BCUT2D eigenvalue weighted by molar-refractivity contribution is -0.168. The molecule has 0 heterocycles. The first-order chi connectivity index (χ1) is 22.1. The van der Waals surface area contributed by atoms with Crippen molar-refractivity contribution in [3.8, 4) is 17.6 Å². The number of carboxylic acid groups (broad SMARTS) is 1. The highest BCUT2D eigenvalue weighted by Gasteiger charge is 2.47. The molecule has 1 aromatic carbocycles. The van der Waals surface area contributed by atoms with Crippen molar-refractivity contribution in [1.82, 2.24) is 5.32 Å². The number of rotatable bonds is 25. The second-order valence-electron chi connectivity index (χ2n) is 11.4. The summed E-state index contributed by atoms with van der Waals surface area (Å²) in [6.45, 7) is 3.43. The van der Waals surface area contributed by atoms with Crippen LogP contribution in [0.1, 0.15) is 103 Å². The van der Waals surface area contributed by atoms with Crippen molar-refractivity contribution in [3.05, 3.63) is 42.0 Å². The standard InChI is InChI=1S/C36H53NO9/c1-4-6-8-11-14-17-29(39)18-15-12-9-10-13-16-19-31(36(44,24-25-38)35(42)43)33(40)37-32(34(41)45-3)27-28-20-22-30(23-21-28)46-26-7-5-2/h16,19-23,31-32,38,44H,4,6,8-15,17-18,24-27H2,1-3H3,(H,37,40)(H,42,43)/b19-16+/t31-,32+,36-/m1/s1. The molecule has 0 fully saturated rings. The maximum atomic E-state index is 13.4.